The van der Waals surface area contributed by atoms with Gasteiger partial charge in [0.05, 0.1) is 37.0 Å². The minimum atomic E-state index is -1.66. The Morgan fingerprint density at radius 2 is 1.30 bits per heavy atom. The Kier molecular flexibility index (Phi) is 32.5. The number of H-pyrrole nitrogens is 1. The SMILES string of the molecule is CC(O)[C@@H]1NC(=O)[C@H](CCCCN)NC(=O)[C@@H](Cc2c[nH]c3ccccc23)NC(=O)[C@H](Cc2ccccc2)NC(=O)[C@@H](NC(=O)[C@H](N)Cc2ccccc2)CSSC[C@@H](C(=O)N[C@H](CO)[C@@H](C)O)NC1=O.C[C@]12CC[C@H]3[C@@H](CCC4=CC(=O)CC[C@@]43C)[C@@H]1CC[C@@H]2O.Clc1ccc(C(c2ccccc2Cl)C(Cl)Cl)cc1. The normalized spacial score (nSPS) is 26.9. The maximum absolute atomic E-state index is 14.7. The Labute approximate surface area is 671 Å². The highest BCUT2D eigenvalue weighted by molar-refractivity contribution is 8.76. The number of aliphatic hydroxyl groups is 4. The average molecular weight is 1630 g/mol. The van der Waals surface area contributed by atoms with Crippen LogP contribution in [0.1, 0.15) is 132 Å². The number of aromatic nitrogens is 1. The number of halogens is 4. The van der Waals surface area contributed by atoms with Crippen LogP contribution in [0.2, 0.25) is 10.0 Å². The number of unbranched alkanes of at least 4 members (excludes halogenated alkanes) is 1. The zero-order valence-corrected chi connectivity index (χ0v) is 67.0. The van der Waals surface area contributed by atoms with Crippen molar-refractivity contribution in [2.45, 2.75) is 195 Å². The van der Waals surface area contributed by atoms with Crippen molar-refractivity contribution < 1.29 is 58.8 Å². The van der Waals surface area contributed by atoms with Crippen LogP contribution in [0.15, 0.2) is 151 Å². The van der Waals surface area contributed by atoms with Gasteiger partial charge in [0.25, 0.3) is 0 Å². The first-order chi connectivity index (χ1) is 52.6. The number of fused-ring (bicyclic) bond motifs is 6. The van der Waals surface area contributed by atoms with Crippen LogP contribution in [0.5, 0.6) is 0 Å². The molecule has 0 spiro atoms. The van der Waals surface area contributed by atoms with E-state index >= 15 is 0 Å². The van der Waals surface area contributed by atoms with Crippen molar-refractivity contribution in [1.29, 1.82) is 0 Å². The first kappa shape index (κ1) is 86.9. The minimum Gasteiger partial charge on any atom is -0.394 e. The summed E-state index contributed by atoms with van der Waals surface area (Å²) < 4.78 is 0. The lowest BCUT2D eigenvalue weighted by Crippen LogP contribution is -2.62. The maximum Gasteiger partial charge on any atom is 0.245 e. The van der Waals surface area contributed by atoms with E-state index in [1.54, 1.807) is 60.8 Å². The summed E-state index contributed by atoms with van der Waals surface area (Å²) in [5.74, 6) is -3.60. The molecule has 17 atom stereocenters. The van der Waals surface area contributed by atoms with Crippen molar-refractivity contribution in [2.75, 3.05) is 24.7 Å². The topological polar surface area (TPSA) is 370 Å². The Balaban J connectivity index is 0.000000283. The van der Waals surface area contributed by atoms with Gasteiger partial charge in [-0.05, 0) is 178 Å². The van der Waals surface area contributed by atoms with Gasteiger partial charge >= 0.3 is 0 Å². The highest BCUT2D eigenvalue weighted by Gasteiger charge is 2.59. The van der Waals surface area contributed by atoms with Crippen LogP contribution in [0, 0.1) is 28.6 Å². The van der Waals surface area contributed by atoms with E-state index in [1.807, 2.05) is 84.9 Å². The Bertz CT molecular complexity index is 4130. The van der Waals surface area contributed by atoms with Gasteiger partial charge in [-0.25, -0.2) is 0 Å². The number of nitrogens with two attached hydrogens (primary N) is 2. The first-order valence-electron chi connectivity index (χ1n) is 37.7. The van der Waals surface area contributed by atoms with Crippen LogP contribution in [-0.4, -0.2) is 169 Å². The van der Waals surface area contributed by atoms with Gasteiger partial charge in [0, 0.05) is 63.8 Å². The summed E-state index contributed by atoms with van der Waals surface area (Å²) in [5, 5.41) is 62.3. The Morgan fingerprint density at radius 1 is 0.673 bits per heavy atom. The number of aliphatic hydroxyl groups excluding tert-OH is 4. The van der Waals surface area contributed by atoms with E-state index in [1.165, 1.54) is 45.1 Å². The van der Waals surface area contributed by atoms with Gasteiger partial charge in [0.1, 0.15) is 41.1 Å². The largest absolute Gasteiger partial charge is 0.394 e. The standard InChI is InChI=1S/C49H66N10O10S2.C19H28O2.C14H10Cl4/c1-28(61)39(25-60)56-48(68)41-27-71-70-26-40(57-43(63)34(51)21-30-13-5-3-6-14-30)47(67)54-37(22-31-15-7-4-8-16-31)45(65)55-38(23-32-24-52-35-18-10-9-17-33(32)35)46(66)53-36(19-11-12-20-50)44(64)59-42(29(2)62)49(69)58-41;1-18-9-7-13(20)11-12(18)3-4-14-15-5-6-17(21)19(15,2)10-8-16(14)18;15-10-7-5-9(6-8-10)13(14(17)18)11-3-1-2-4-12(11)16/h3-10,13-18,24,28-29,34,36-42,52,60-62H,11-12,19-23,25-27,50-51H2,1-2H3,(H,53,66)(H,54,67)(H,55,65)(H,56,68)(H,57,63)(H,58,69)(H,59,64);11,14-17,21H,3-10H2,1-2H3;1-8,13-14H/t28-,29?,34-,36+,37+,38-,39-,40+,41+,42+;14-,15-,16-,17-,18-,19-;/m10./s1. The molecule has 1 aromatic heterocycles. The molecule has 11 rings (SSSR count). The maximum atomic E-state index is 14.7. The molecule has 1 aliphatic heterocycles. The number of hydrogen-bond donors (Lipinski definition) is 14. The molecule has 4 aliphatic carbocycles. The Morgan fingerprint density at radius 3 is 1.96 bits per heavy atom. The van der Waals surface area contributed by atoms with Crippen molar-refractivity contribution in [3.63, 3.8) is 0 Å². The number of carbonyl (C=O) groups is 8. The second-order valence-corrected chi connectivity index (χ2v) is 34.5. The molecule has 110 heavy (non-hydrogen) atoms. The zero-order chi connectivity index (χ0) is 79.4. The van der Waals surface area contributed by atoms with Crippen molar-refractivity contribution in [2.24, 2.45) is 40.1 Å². The summed E-state index contributed by atoms with van der Waals surface area (Å²) in [4.78, 5) is 114. The van der Waals surface area contributed by atoms with Gasteiger partial charge in [0.2, 0.25) is 41.4 Å². The number of para-hydroxylation sites is 1. The Hall–Kier alpha value is -7.04. The molecule has 6 aromatic rings. The fourth-order valence-electron chi connectivity index (χ4n) is 16.1. The summed E-state index contributed by atoms with van der Waals surface area (Å²) in [6, 6.07) is 29.6. The summed E-state index contributed by atoms with van der Waals surface area (Å²) in [5.41, 5.74) is 18.8. The van der Waals surface area contributed by atoms with E-state index < -0.39 is 113 Å². The van der Waals surface area contributed by atoms with E-state index in [-0.39, 0.29) is 66.6 Å². The quantitative estimate of drug-likeness (QED) is 0.0192. The van der Waals surface area contributed by atoms with Gasteiger partial charge in [0.15, 0.2) is 5.78 Å². The summed E-state index contributed by atoms with van der Waals surface area (Å²) >= 11 is 24.3. The third-order valence-electron chi connectivity index (χ3n) is 22.5. The van der Waals surface area contributed by atoms with Crippen molar-refractivity contribution in [3.8, 4) is 0 Å². The van der Waals surface area contributed by atoms with Gasteiger partial charge in [-0.2, -0.15) is 0 Å². The molecule has 2 heterocycles. The molecule has 16 N–H and O–H groups in total. The molecule has 0 bridgehead atoms. The van der Waals surface area contributed by atoms with Crippen LogP contribution < -0.4 is 48.7 Å². The van der Waals surface area contributed by atoms with Gasteiger partial charge < -0.3 is 74.1 Å². The number of rotatable bonds is 20. The van der Waals surface area contributed by atoms with Crippen LogP contribution >= 0.6 is 68.0 Å². The summed E-state index contributed by atoms with van der Waals surface area (Å²) in [7, 11) is 2.06. The molecule has 22 nitrogen and oxygen atoms in total. The van der Waals surface area contributed by atoms with Gasteiger partial charge in [-0.1, -0.05) is 173 Å². The monoisotopic (exact) mass is 1620 g/mol. The zero-order valence-electron chi connectivity index (χ0n) is 62.4. The van der Waals surface area contributed by atoms with E-state index in [9.17, 15) is 58.8 Å². The lowest BCUT2D eigenvalue weighted by Gasteiger charge is -2.57. The fourth-order valence-corrected chi connectivity index (χ4v) is 19.4. The minimum absolute atomic E-state index is 0.0340. The fraction of sp³-hybridized carbons (Fsp3) is 0.488. The number of alkyl halides is 2. The molecular formula is C82H104Cl4N10O12S2. The predicted octanol–water partition coefficient (Wildman–Crippen LogP) is 9.00. The molecule has 1 saturated heterocycles. The highest BCUT2D eigenvalue weighted by atomic mass is 35.5. The second-order valence-electron chi connectivity index (χ2n) is 30.0. The number of benzene rings is 5. The molecule has 5 aliphatic rings. The lowest BCUT2D eigenvalue weighted by molar-refractivity contribution is -0.136. The number of hydrogen-bond acceptors (Lipinski definition) is 16. The molecule has 0 radical (unpaired) electrons. The number of amides is 7. The van der Waals surface area contributed by atoms with Crippen LogP contribution in [0.4, 0.5) is 0 Å². The molecule has 5 aromatic carbocycles. The summed E-state index contributed by atoms with van der Waals surface area (Å²) in [6.45, 7) is 6.99. The lowest BCUT2D eigenvalue weighted by atomic mass is 9.47. The van der Waals surface area contributed by atoms with Crippen molar-refractivity contribution >= 4 is 126 Å². The number of allylic oxidation sites excluding steroid dienone is 1. The predicted molar refractivity (Wildman–Crippen MR) is 435 cm³/mol. The number of carbonyl (C=O) groups excluding carboxylic acids is 8. The van der Waals surface area contributed by atoms with E-state index in [2.05, 4.69) is 56.0 Å². The van der Waals surface area contributed by atoms with Crippen LogP contribution in [0.3, 0.4) is 0 Å². The average Bonchev–Trinajstić information content (AvgIpc) is 1.38. The molecular weight excluding hydrogens is 1520 g/mol. The first-order valence-corrected chi connectivity index (χ1v) is 41.9. The smallest absolute Gasteiger partial charge is 0.245 e. The number of ketones is 1. The third kappa shape index (κ3) is 22.9. The molecule has 4 fully saturated rings. The van der Waals surface area contributed by atoms with Gasteiger partial charge in [-0.3, -0.25) is 38.4 Å². The second kappa shape index (κ2) is 41.1. The molecule has 7 amide bonds. The molecule has 594 valence electrons. The van der Waals surface area contributed by atoms with Crippen LogP contribution in [0.25, 0.3) is 10.9 Å². The summed E-state index contributed by atoms with van der Waals surface area (Å²) in [6.07, 6.45) is 10.6. The molecule has 28 heteroatoms. The van der Waals surface area contributed by atoms with E-state index in [0.717, 1.165) is 86.7 Å². The number of nitrogens with one attached hydrogen (secondary N) is 8. The van der Waals surface area contributed by atoms with Gasteiger partial charge in [-0.15, -0.1) is 23.2 Å². The molecule has 2 unspecified atom stereocenters. The van der Waals surface area contributed by atoms with E-state index in [4.69, 9.17) is 57.9 Å². The van der Waals surface area contributed by atoms with Crippen LogP contribution in [-0.2, 0) is 57.6 Å². The van der Waals surface area contributed by atoms with E-state index in [0.29, 0.717) is 45.7 Å². The van der Waals surface area contributed by atoms with Crippen molar-refractivity contribution in [1.82, 2.24) is 42.2 Å². The van der Waals surface area contributed by atoms with Crippen molar-refractivity contribution in [3.05, 3.63) is 189 Å². The third-order valence-corrected chi connectivity index (χ3v) is 26.0. The highest BCUT2D eigenvalue weighted by Crippen LogP contribution is 2.65. The molecule has 3 saturated carbocycles. The number of aromatic amines is 1.